The molecule has 2 bridgehead atoms. The van der Waals surface area contributed by atoms with E-state index >= 15 is 0 Å². The van der Waals surface area contributed by atoms with Crippen molar-refractivity contribution in [3.8, 4) is 0 Å². The fourth-order valence-corrected chi connectivity index (χ4v) is 2.85. The highest BCUT2D eigenvalue weighted by atomic mass is 16.6. The second-order valence-electron chi connectivity index (χ2n) is 6.07. The van der Waals surface area contributed by atoms with Crippen LogP contribution < -0.4 is 0 Å². The van der Waals surface area contributed by atoms with Gasteiger partial charge in [-0.1, -0.05) is 6.92 Å². The van der Waals surface area contributed by atoms with E-state index in [0.29, 0.717) is 12.9 Å². The Balaban J connectivity index is 2.00. The summed E-state index contributed by atoms with van der Waals surface area (Å²) in [5.74, 6) is -0.423. The van der Waals surface area contributed by atoms with Crippen LogP contribution in [0.3, 0.4) is 0 Å². The number of ether oxygens (including phenoxy) is 3. The van der Waals surface area contributed by atoms with Crippen LogP contribution in [0.25, 0.3) is 0 Å². The van der Waals surface area contributed by atoms with Gasteiger partial charge in [-0.05, 0) is 27.2 Å². The molecule has 2 fully saturated rings. The molecule has 0 saturated carbocycles. The minimum Gasteiger partial charge on any atom is -0.461 e. The Morgan fingerprint density at radius 3 is 2.56 bits per heavy atom. The van der Waals surface area contributed by atoms with Crippen LogP contribution in [0, 0.1) is 11.8 Å². The Kier molecular flexibility index (Phi) is 3.36. The van der Waals surface area contributed by atoms with Crippen molar-refractivity contribution in [2.24, 2.45) is 11.8 Å². The van der Waals surface area contributed by atoms with Crippen LogP contribution in [0.5, 0.6) is 0 Å². The van der Waals surface area contributed by atoms with Crippen molar-refractivity contribution < 1.29 is 23.8 Å². The van der Waals surface area contributed by atoms with Crippen molar-refractivity contribution >= 4 is 12.4 Å². The third kappa shape index (κ3) is 2.36. The molecule has 0 N–H and O–H groups in total. The van der Waals surface area contributed by atoms with Gasteiger partial charge in [0.2, 0.25) is 0 Å². The number of hydrogen-bond acceptors (Lipinski definition) is 5. The van der Waals surface area contributed by atoms with E-state index in [1.165, 1.54) is 0 Å². The van der Waals surface area contributed by atoms with Gasteiger partial charge in [-0.25, -0.2) is 0 Å². The summed E-state index contributed by atoms with van der Waals surface area (Å²) < 4.78 is 16.1. The number of hydrogen-bond donors (Lipinski definition) is 0. The van der Waals surface area contributed by atoms with Crippen LogP contribution in [0.4, 0.5) is 0 Å². The Hall–Kier alpha value is -1.10. The van der Waals surface area contributed by atoms with E-state index in [1.54, 1.807) is 0 Å². The zero-order chi connectivity index (χ0) is 13.5. The molecule has 0 aromatic heterocycles. The molecule has 102 valence electrons. The first-order chi connectivity index (χ1) is 8.33. The zero-order valence-electron chi connectivity index (χ0n) is 11.2. The Labute approximate surface area is 107 Å². The Morgan fingerprint density at radius 2 is 2.06 bits per heavy atom. The molecule has 5 nitrogen and oxygen atoms in total. The maximum Gasteiger partial charge on any atom is 0.312 e. The number of rotatable bonds is 3. The van der Waals surface area contributed by atoms with Crippen molar-refractivity contribution in [3.63, 3.8) is 0 Å². The van der Waals surface area contributed by atoms with E-state index in [4.69, 9.17) is 14.2 Å². The van der Waals surface area contributed by atoms with Gasteiger partial charge < -0.3 is 14.2 Å². The van der Waals surface area contributed by atoms with Gasteiger partial charge in [-0.15, -0.1) is 0 Å². The summed E-state index contributed by atoms with van der Waals surface area (Å²) in [7, 11) is 0. The van der Waals surface area contributed by atoms with Gasteiger partial charge in [0, 0.05) is 5.92 Å². The first-order valence-electron chi connectivity index (χ1n) is 6.31. The van der Waals surface area contributed by atoms with Crippen LogP contribution in [0.15, 0.2) is 0 Å². The molecule has 2 saturated heterocycles. The summed E-state index contributed by atoms with van der Waals surface area (Å²) in [6.07, 6.45) is -0.0312. The van der Waals surface area contributed by atoms with Crippen molar-refractivity contribution in [2.75, 3.05) is 0 Å². The lowest BCUT2D eigenvalue weighted by Crippen LogP contribution is -2.42. The van der Waals surface area contributed by atoms with Gasteiger partial charge in [-0.3, -0.25) is 9.59 Å². The SMILES string of the molecule is CC1C(OC=O)C2CC(C(=O)OC(C)(C)C)C1O2. The molecule has 5 unspecified atom stereocenters. The zero-order valence-corrected chi connectivity index (χ0v) is 11.2. The van der Waals surface area contributed by atoms with Crippen molar-refractivity contribution in [1.82, 2.24) is 0 Å². The summed E-state index contributed by atoms with van der Waals surface area (Å²) >= 11 is 0. The molecule has 2 heterocycles. The van der Waals surface area contributed by atoms with Crippen molar-refractivity contribution in [3.05, 3.63) is 0 Å². The molecule has 5 heteroatoms. The standard InChI is InChI=1S/C13H20O5/c1-7-10-8(12(15)18-13(2,3)4)5-9(17-10)11(7)16-6-14/h6-11H,5H2,1-4H3. The van der Waals surface area contributed by atoms with Gasteiger partial charge in [-0.2, -0.15) is 0 Å². The second-order valence-corrected chi connectivity index (χ2v) is 6.07. The van der Waals surface area contributed by atoms with Gasteiger partial charge in [0.25, 0.3) is 6.47 Å². The van der Waals surface area contributed by atoms with E-state index in [0.717, 1.165) is 0 Å². The van der Waals surface area contributed by atoms with E-state index in [2.05, 4.69) is 0 Å². The monoisotopic (exact) mass is 256 g/mol. The normalized spacial score (nSPS) is 38.6. The fourth-order valence-electron chi connectivity index (χ4n) is 2.85. The Morgan fingerprint density at radius 1 is 1.39 bits per heavy atom. The highest BCUT2D eigenvalue weighted by Gasteiger charge is 2.56. The number of carbonyl (C=O) groups is 2. The summed E-state index contributed by atoms with van der Waals surface area (Å²) in [6, 6.07) is 0. The van der Waals surface area contributed by atoms with Crippen molar-refractivity contribution in [1.29, 1.82) is 0 Å². The minimum absolute atomic E-state index is 0.0338. The average molecular weight is 256 g/mol. The summed E-state index contributed by atoms with van der Waals surface area (Å²) in [4.78, 5) is 22.5. The van der Waals surface area contributed by atoms with Crippen LogP contribution in [0.1, 0.15) is 34.1 Å². The van der Waals surface area contributed by atoms with Crippen LogP contribution in [-0.4, -0.2) is 36.4 Å². The van der Waals surface area contributed by atoms with E-state index in [1.807, 2.05) is 27.7 Å². The number of carbonyl (C=O) groups excluding carboxylic acids is 2. The van der Waals surface area contributed by atoms with Gasteiger partial charge in [0.15, 0.2) is 0 Å². The maximum absolute atomic E-state index is 12.0. The molecule has 0 aromatic carbocycles. The van der Waals surface area contributed by atoms with Crippen LogP contribution in [-0.2, 0) is 23.8 Å². The molecule has 0 amide bonds. The lowest BCUT2D eigenvalue weighted by molar-refractivity contribution is -0.163. The fraction of sp³-hybridized carbons (Fsp3) is 0.846. The molecule has 2 aliphatic rings. The van der Waals surface area contributed by atoms with Crippen LogP contribution >= 0.6 is 0 Å². The lowest BCUT2D eigenvalue weighted by atomic mass is 9.80. The molecule has 0 aromatic rings. The molecule has 0 radical (unpaired) electrons. The summed E-state index contributed by atoms with van der Waals surface area (Å²) in [6.45, 7) is 7.94. The molecule has 0 aliphatic carbocycles. The molecule has 2 aliphatic heterocycles. The first kappa shape index (κ1) is 13.3. The van der Waals surface area contributed by atoms with Crippen molar-refractivity contribution in [2.45, 2.75) is 58.0 Å². The highest BCUT2D eigenvalue weighted by Crippen LogP contribution is 2.44. The van der Waals surface area contributed by atoms with Gasteiger partial charge in [0.1, 0.15) is 11.7 Å². The second kappa shape index (κ2) is 4.53. The third-order valence-corrected chi connectivity index (χ3v) is 3.54. The third-order valence-electron chi connectivity index (χ3n) is 3.54. The molecule has 5 atom stereocenters. The predicted octanol–water partition coefficient (Wildman–Crippen LogP) is 1.29. The largest absolute Gasteiger partial charge is 0.461 e. The minimum atomic E-state index is -0.485. The maximum atomic E-state index is 12.0. The smallest absolute Gasteiger partial charge is 0.312 e. The summed E-state index contributed by atoms with van der Waals surface area (Å²) in [5, 5.41) is 0. The van der Waals surface area contributed by atoms with Gasteiger partial charge >= 0.3 is 5.97 Å². The van der Waals surface area contributed by atoms with E-state index in [9.17, 15) is 9.59 Å². The summed E-state index contributed by atoms with van der Waals surface area (Å²) in [5.41, 5.74) is -0.485. The molecule has 18 heavy (non-hydrogen) atoms. The highest BCUT2D eigenvalue weighted by molar-refractivity contribution is 5.74. The molecule has 0 spiro atoms. The number of fused-ring (bicyclic) bond motifs is 2. The Bertz CT molecular complexity index is 344. The van der Waals surface area contributed by atoms with E-state index in [-0.39, 0.29) is 36.1 Å². The molecular formula is C13H20O5. The van der Waals surface area contributed by atoms with Gasteiger partial charge in [0.05, 0.1) is 18.1 Å². The molecular weight excluding hydrogens is 236 g/mol. The average Bonchev–Trinajstić information content (AvgIpc) is 2.77. The van der Waals surface area contributed by atoms with Crippen LogP contribution in [0.2, 0.25) is 0 Å². The first-order valence-corrected chi connectivity index (χ1v) is 6.31. The number of esters is 1. The van der Waals surface area contributed by atoms with E-state index < -0.39 is 5.60 Å². The lowest BCUT2D eigenvalue weighted by Gasteiger charge is -2.30. The predicted molar refractivity (Wildman–Crippen MR) is 62.7 cm³/mol. The quantitative estimate of drug-likeness (QED) is 0.562. The topological polar surface area (TPSA) is 61.8 Å². The molecule has 2 rings (SSSR count).